The van der Waals surface area contributed by atoms with Crippen LogP contribution in [-0.4, -0.2) is 36.3 Å². The standard InChI is InChI=1S/C18H23FN2O4/c19-14(10-11-20-18(23)24)12-25-16-8-6-13(7-9-16)17(22)21-15-4-2-1-3-5-15/h6-10,15,20H,1-5,11-12H2,(H,21,22)(H,23,24). The Morgan fingerprint density at radius 2 is 1.88 bits per heavy atom. The monoisotopic (exact) mass is 350 g/mol. The lowest BCUT2D eigenvalue weighted by Crippen LogP contribution is -2.36. The zero-order chi connectivity index (χ0) is 18.1. The van der Waals surface area contributed by atoms with Gasteiger partial charge in [-0.25, -0.2) is 9.18 Å². The first kappa shape index (κ1) is 18.8. The second kappa shape index (κ2) is 9.66. The molecule has 1 aliphatic rings. The minimum atomic E-state index is -1.22. The molecule has 6 nitrogen and oxygen atoms in total. The molecule has 0 unspecified atom stereocenters. The molecule has 7 heteroatoms. The Balaban J connectivity index is 1.78. The summed E-state index contributed by atoms with van der Waals surface area (Å²) in [6, 6.07) is 6.75. The van der Waals surface area contributed by atoms with Crippen LogP contribution in [0, 0.1) is 0 Å². The molecule has 2 amide bonds. The average Bonchev–Trinajstić information content (AvgIpc) is 2.61. The molecule has 1 aliphatic carbocycles. The largest absolute Gasteiger partial charge is 0.487 e. The van der Waals surface area contributed by atoms with Gasteiger partial charge in [-0.2, -0.15) is 0 Å². The molecule has 1 aromatic carbocycles. The number of halogens is 1. The summed E-state index contributed by atoms with van der Waals surface area (Å²) in [4.78, 5) is 22.4. The number of ether oxygens (including phenoxy) is 1. The number of rotatable bonds is 7. The van der Waals surface area contributed by atoms with Crippen molar-refractivity contribution in [2.75, 3.05) is 13.2 Å². The fourth-order valence-electron chi connectivity index (χ4n) is 2.68. The van der Waals surface area contributed by atoms with Crippen LogP contribution in [0.5, 0.6) is 5.75 Å². The summed E-state index contributed by atoms with van der Waals surface area (Å²) < 4.78 is 18.7. The maximum atomic E-state index is 13.4. The first-order valence-corrected chi connectivity index (χ1v) is 8.39. The first-order valence-electron chi connectivity index (χ1n) is 8.39. The van der Waals surface area contributed by atoms with Crippen molar-refractivity contribution in [1.82, 2.24) is 10.6 Å². The van der Waals surface area contributed by atoms with Crippen molar-refractivity contribution in [2.45, 2.75) is 38.1 Å². The summed E-state index contributed by atoms with van der Waals surface area (Å²) in [6.07, 6.45) is 5.46. The van der Waals surface area contributed by atoms with Crippen LogP contribution in [-0.2, 0) is 0 Å². The van der Waals surface area contributed by atoms with Crippen molar-refractivity contribution in [2.24, 2.45) is 0 Å². The third kappa shape index (κ3) is 6.82. The fraction of sp³-hybridized carbons (Fsp3) is 0.444. The quantitative estimate of drug-likeness (QED) is 0.704. The number of benzene rings is 1. The number of carbonyl (C=O) groups excluding carboxylic acids is 1. The van der Waals surface area contributed by atoms with E-state index in [1.807, 2.05) is 5.32 Å². The predicted octanol–water partition coefficient (Wildman–Crippen LogP) is 3.25. The Hall–Kier alpha value is -2.57. The molecule has 3 N–H and O–H groups in total. The van der Waals surface area contributed by atoms with Crippen LogP contribution >= 0.6 is 0 Å². The molecular formula is C18H23FN2O4. The van der Waals surface area contributed by atoms with Gasteiger partial charge in [0.15, 0.2) is 0 Å². The topological polar surface area (TPSA) is 87.7 Å². The zero-order valence-corrected chi connectivity index (χ0v) is 14.0. The highest BCUT2D eigenvalue weighted by Gasteiger charge is 2.16. The SMILES string of the molecule is O=C(O)NCC=C(F)COc1ccc(C(=O)NC2CCCCC2)cc1. The molecule has 1 saturated carbocycles. The maximum Gasteiger partial charge on any atom is 0.404 e. The second-order valence-corrected chi connectivity index (χ2v) is 5.96. The van der Waals surface area contributed by atoms with Gasteiger partial charge in [0.05, 0.1) is 0 Å². The van der Waals surface area contributed by atoms with Crippen LogP contribution in [0.15, 0.2) is 36.2 Å². The van der Waals surface area contributed by atoms with Crippen LogP contribution in [0.25, 0.3) is 0 Å². The molecule has 2 rings (SSSR count). The van der Waals surface area contributed by atoms with Gasteiger partial charge in [-0.15, -0.1) is 0 Å². The summed E-state index contributed by atoms with van der Waals surface area (Å²) in [6.45, 7) is -0.417. The summed E-state index contributed by atoms with van der Waals surface area (Å²) in [7, 11) is 0. The van der Waals surface area contributed by atoms with E-state index in [9.17, 15) is 14.0 Å². The van der Waals surface area contributed by atoms with E-state index in [2.05, 4.69) is 5.32 Å². The smallest absolute Gasteiger partial charge is 0.404 e. The predicted molar refractivity (Wildman–Crippen MR) is 91.5 cm³/mol. The summed E-state index contributed by atoms with van der Waals surface area (Å²) in [5.74, 6) is -0.249. The van der Waals surface area contributed by atoms with Crippen molar-refractivity contribution in [3.8, 4) is 5.75 Å². The van der Waals surface area contributed by atoms with Gasteiger partial charge in [-0.3, -0.25) is 4.79 Å². The van der Waals surface area contributed by atoms with E-state index >= 15 is 0 Å². The van der Waals surface area contributed by atoms with Gasteiger partial charge in [0, 0.05) is 18.2 Å². The Kier molecular flexibility index (Phi) is 7.25. The number of carbonyl (C=O) groups is 2. The number of nitrogens with one attached hydrogen (secondary N) is 2. The Labute approximate surface area is 146 Å². The summed E-state index contributed by atoms with van der Waals surface area (Å²) in [5, 5.41) is 13.4. The normalized spacial score (nSPS) is 15.5. The fourth-order valence-corrected chi connectivity index (χ4v) is 2.68. The lowest BCUT2D eigenvalue weighted by molar-refractivity contribution is 0.0927. The molecular weight excluding hydrogens is 327 g/mol. The molecule has 0 atom stereocenters. The first-order chi connectivity index (χ1) is 12.0. The van der Waals surface area contributed by atoms with Crippen LogP contribution < -0.4 is 15.4 Å². The van der Waals surface area contributed by atoms with Gasteiger partial charge in [-0.05, 0) is 43.2 Å². The number of amides is 2. The van der Waals surface area contributed by atoms with Gasteiger partial charge in [0.1, 0.15) is 18.2 Å². The molecule has 25 heavy (non-hydrogen) atoms. The highest BCUT2D eigenvalue weighted by molar-refractivity contribution is 5.94. The molecule has 0 radical (unpaired) electrons. The van der Waals surface area contributed by atoms with Gasteiger partial charge >= 0.3 is 6.09 Å². The molecule has 136 valence electrons. The van der Waals surface area contributed by atoms with E-state index in [0.29, 0.717) is 11.3 Å². The van der Waals surface area contributed by atoms with Crippen molar-refractivity contribution in [1.29, 1.82) is 0 Å². The van der Waals surface area contributed by atoms with Gasteiger partial charge in [-0.1, -0.05) is 19.3 Å². The molecule has 0 aromatic heterocycles. The van der Waals surface area contributed by atoms with Crippen LogP contribution in [0.4, 0.5) is 9.18 Å². The van der Waals surface area contributed by atoms with Gasteiger partial charge in [0.25, 0.3) is 5.91 Å². The average molecular weight is 350 g/mol. The minimum absolute atomic E-state index is 0.107. The van der Waals surface area contributed by atoms with Gasteiger partial charge < -0.3 is 20.5 Å². The van der Waals surface area contributed by atoms with E-state index in [1.54, 1.807) is 24.3 Å². The van der Waals surface area contributed by atoms with Crippen molar-refractivity contribution >= 4 is 12.0 Å². The highest BCUT2D eigenvalue weighted by atomic mass is 19.1. The van der Waals surface area contributed by atoms with E-state index in [0.717, 1.165) is 31.8 Å². The third-order valence-electron chi connectivity index (χ3n) is 4.01. The molecule has 0 aliphatic heterocycles. The minimum Gasteiger partial charge on any atom is -0.487 e. The molecule has 0 saturated heterocycles. The lowest BCUT2D eigenvalue weighted by atomic mass is 9.95. The van der Waals surface area contributed by atoms with Crippen LogP contribution in [0.2, 0.25) is 0 Å². The van der Waals surface area contributed by atoms with Crippen molar-refractivity contribution < 1.29 is 23.8 Å². The summed E-state index contributed by atoms with van der Waals surface area (Å²) in [5.41, 5.74) is 0.541. The van der Waals surface area contributed by atoms with Crippen LogP contribution in [0.1, 0.15) is 42.5 Å². The molecule has 0 spiro atoms. The van der Waals surface area contributed by atoms with Gasteiger partial charge in [0.2, 0.25) is 0 Å². The van der Waals surface area contributed by atoms with E-state index < -0.39 is 11.9 Å². The summed E-state index contributed by atoms with van der Waals surface area (Å²) >= 11 is 0. The van der Waals surface area contributed by atoms with E-state index in [4.69, 9.17) is 9.84 Å². The maximum absolute atomic E-state index is 13.4. The lowest BCUT2D eigenvalue weighted by Gasteiger charge is -2.22. The van der Waals surface area contributed by atoms with Crippen LogP contribution in [0.3, 0.4) is 0 Å². The molecule has 0 heterocycles. The van der Waals surface area contributed by atoms with E-state index in [1.165, 1.54) is 6.42 Å². The number of hydrogen-bond acceptors (Lipinski definition) is 3. The zero-order valence-electron chi connectivity index (χ0n) is 14.0. The van der Waals surface area contributed by atoms with E-state index in [-0.39, 0.29) is 25.1 Å². The third-order valence-corrected chi connectivity index (χ3v) is 4.01. The number of hydrogen-bond donors (Lipinski definition) is 3. The number of carboxylic acid groups (broad SMARTS) is 1. The molecule has 1 aromatic rings. The Bertz CT molecular complexity index is 610. The molecule has 0 bridgehead atoms. The van der Waals surface area contributed by atoms with Crippen molar-refractivity contribution in [3.63, 3.8) is 0 Å². The Morgan fingerprint density at radius 3 is 2.52 bits per heavy atom. The highest BCUT2D eigenvalue weighted by Crippen LogP contribution is 2.18. The van der Waals surface area contributed by atoms with Crippen molar-refractivity contribution in [3.05, 3.63) is 41.7 Å². The Morgan fingerprint density at radius 1 is 1.20 bits per heavy atom. The molecule has 1 fully saturated rings. The second-order valence-electron chi connectivity index (χ2n) is 5.96.